The van der Waals surface area contributed by atoms with Gasteiger partial charge in [0.15, 0.2) is 0 Å². The molecule has 1 heterocycles. The maximum absolute atomic E-state index is 5.97. The Morgan fingerprint density at radius 2 is 2.32 bits per heavy atom. The fourth-order valence-electron chi connectivity index (χ4n) is 2.51. The smallest absolute Gasteiger partial charge is 0.124 e. The first-order valence-electron chi connectivity index (χ1n) is 7.27. The normalized spacial score (nSPS) is 20.5. The topological polar surface area (TPSA) is 44.5 Å². The van der Waals surface area contributed by atoms with Crippen LogP contribution in [0.15, 0.2) is 18.2 Å². The lowest BCUT2D eigenvalue weighted by molar-refractivity contribution is 0.0980. The van der Waals surface area contributed by atoms with Gasteiger partial charge in [-0.25, -0.2) is 0 Å². The third kappa shape index (κ3) is 4.22. The van der Waals surface area contributed by atoms with E-state index in [-0.39, 0.29) is 6.04 Å². The third-order valence-electron chi connectivity index (χ3n) is 3.61. The number of nitrogens with two attached hydrogens (primary N) is 1. The van der Waals surface area contributed by atoms with Gasteiger partial charge in [0.2, 0.25) is 0 Å². The zero-order valence-electron chi connectivity index (χ0n) is 12.0. The Balaban J connectivity index is 1.82. The maximum atomic E-state index is 5.97. The van der Waals surface area contributed by atoms with Crippen LogP contribution in [0.2, 0.25) is 0 Å². The molecule has 0 radical (unpaired) electrons. The summed E-state index contributed by atoms with van der Waals surface area (Å²) in [5, 5.41) is 0. The number of aryl methyl sites for hydroxylation is 1. The van der Waals surface area contributed by atoms with E-state index in [1.54, 1.807) is 0 Å². The van der Waals surface area contributed by atoms with Crippen LogP contribution in [0, 0.1) is 6.92 Å². The van der Waals surface area contributed by atoms with Crippen molar-refractivity contribution in [1.29, 1.82) is 0 Å². The molecule has 1 unspecified atom stereocenters. The fraction of sp³-hybridized carbons (Fsp3) is 0.625. The molecule has 3 nitrogen and oxygen atoms in total. The van der Waals surface area contributed by atoms with E-state index in [1.807, 2.05) is 6.92 Å². The molecule has 1 aliphatic rings. The van der Waals surface area contributed by atoms with Gasteiger partial charge in [-0.05, 0) is 51.2 Å². The first-order valence-corrected chi connectivity index (χ1v) is 7.27. The molecule has 0 aliphatic carbocycles. The van der Waals surface area contributed by atoms with Gasteiger partial charge in [-0.3, -0.25) is 0 Å². The summed E-state index contributed by atoms with van der Waals surface area (Å²) < 4.78 is 11.5. The SMILES string of the molecule is Cc1ccc([C@H](C)N)c(OCCCC2CCCO2)c1. The van der Waals surface area contributed by atoms with E-state index in [0.717, 1.165) is 37.4 Å². The van der Waals surface area contributed by atoms with Gasteiger partial charge < -0.3 is 15.2 Å². The van der Waals surface area contributed by atoms with Crippen molar-refractivity contribution in [1.82, 2.24) is 0 Å². The molecule has 0 amide bonds. The zero-order chi connectivity index (χ0) is 13.7. The average molecular weight is 263 g/mol. The van der Waals surface area contributed by atoms with Crippen LogP contribution in [0.1, 0.15) is 49.8 Å². The minimum atomic E-state index is 0.00812. The lowest BCUT2D eigenvalue weighted by Crippen LogP contribution is -2.11. The molecule has 0 spiro atoms. The van der Waals surface area contributed by atoms with Crippen LogP contribution in [0.3, 0.4) is 0 Å². The predicted molar refractivity (Wildman–Crippen MR) is 77.5 cm³/mol. The summed E-state index contributed by atoms with van der Waals surface area (Å²) >= 11 is 0. The highest BCUT2D eigenvalue weighted by Crippen LogP contribution is 2.25. The molecular formula is C16H25NO2. The van der Waals surface area contributed by atoms with Crippen molar-refractivity contribution in [2.24, 2.45) is 5.73 Å². The van der Waals surface area contributed by atoms with Crippen molar-refractivity contribution < 1.29 is 9.47 Å². The average Bonchev–Trinajstić information content (AvgIpc) is 2.87. The molecule has 1 aromatic carbocycles. The zero-order valence-corrected chi connectivity index (χ0v) is 12.0. The monoisotopic (exact) mass is 263 g/mol. The molecule has 106 valence electrons. The van der Waals surface area contributed by atoms with Gasteiger partial charge in [0, 0.05) is 18.2 Å². The summed E-state index contributed by atoms with van der Waals surface area (Å²) in [6, 6.07) is 6.23. The minimum absolute atomic E-state index is 0.00812. The molecule has 2 rings (SSSR count). The summed E-state index contributed by atoms with van der Waals surface area (Å²) in [4.78, 5) is 0. The van der Waals surface area contributed by atoms with Crippen molar-refractivity contribution in [2.75, 3.05) is 13.2 Å². The summed E-state index contributed by atoms with van der Waals surface area (Å²) in [7, 11) is 0. The van der Waals surface area contributed by atoms with Gasteiger partial charge in [0.1, 0.15) is 5.75 Å². The summed E-state index contributed by atoms with van der Waals surface area (Å²) in [5.41, 5.74) is 8.26. The number of hydrogen-bond acceptors (Lipinski definition) is 3. The van der Waals surface area contributed by atoms with E-state index in [0.29, 0.717) is 6.10 Å². The van der Waals surface area contributed by atoms with E-state index in [2.05, 4.69) is 25.1 Å². The van der Waals surface area contributed by atoms with Crippen molar-refractivity contribution in [3.63, 3.8) is 0 Å². The van der Waals surface area contributed by atoms with Gasteiger partial charge in [0.25, 0.3) is 0 Å². The second-order valence-corrected chi connectivity index (χ2v) is 5.46. The van der Waals surface area contributed by atoms with Gasteiger partial charge in [-0.2, -0.15) is 0 Å². The molecule has 1 aromatic rings. The molecule has 3 heteroatoms. The number of rotatable bonds is 6. The van der Waals surface area contributed by atoms with E-state index in [1.165, 1.54) is 18.4 Å². The van der Waals surface area contributed by atoms with Crippen LogP contribution < -0.4 is 10.5 Å². The molecule has 0 bridgehead atoms. The van der Waals surface area contributed by atoms with Crippen molar-refractivity contribution in [3.05, 3.63) is 29.3 Å². The van der Waals surface area contributed by atoms with E-state index >= 15 is 0 Å². The van der Waals surface area contributed by atoms with Crippen molar-refractivity contribution >= 4 is 0 Å². The molecular weight excluding hydrogens is 238 g/mol. The highest BCUT2D eigenvalue weighted by molar-refractivity contribution is 5.38. The second-order valence-electron chi connectivity index (χ2n) is 5.46. The Hall–Kier alpha value is -1.06. The summed E-state index contributed by atoms with van der Waals surface area (Å²) in [5.74, 6) is 0.933. The van der Waals surface area contributed by atoms with Gasteiger partial charge in [-0.1, -0.05) is 12.1 Å². The highest BCUT2D eigenvalue weighted by Gasteiger charge is 2.15. The quantitative estimate of drug-likeness (QED) is 0.800. The van der Waals surface area contributed by atoms with Gasteiger partial charge in [-0.15, -0.1) is 0 Å². The lowest BCUT2D eigenvalue weighted by Gasteiger charge is -2.15. The van der Waals surface area contributed by atoms with Gasteiger partial charge in [0.05, 0.1) is 12.7 Å². The molecule has 2 N–H and O–H groups in total. The molecule has 0 saturated carbocycles. The Labute approximate surface area is 116 Å². The van der Waals surface area contributed by atoms with Crippen LogP contribution in [0.5, 0.6) is 5.75 Å². The number of hydrogen-bond donors (Lipinski definition) is 1. The Kier molecular flexibility index (Phi) is 5.23. The minimum Gasteiger partial charge on any atom is -0.493 e. The second kappa shape index (κ2) is 6.92. The first kappa shape index (κ1) is 14.4. The van der Waals surface area contributed by atoms with Gasteiger partial charge >= 0.3 is 0 Å². The van der Waals surface area contributed by atoms with Crippen LogP contribution in [-0.2, 0) is 4.74 Å². The van der Waals surface area contributed by atoms with Crippen LogP contribution in [0.25, 0.3) is 0 Å². The van der Waals surface area contributed by atoms with E-state index in [9.17, 15) is 0 Å². The Bertz CT molecular complexity index is 398. The fourth-order valence-corrected chi connectivity index (χ4v) is 2.51. The summed E-state index contributed by atoms with van der Waals surface area (Å²) in [6.45, 7) is 5.73. The van der Waals surface area contributed by atoms with Crippen LogP contribution >= 0.6 is 0 Å². The highest BCUT2D eigenvalue weighted by atomic mass is 16.5. The van der Waals surface area contributed by atoms with Crippen molar-refractivity contribution in [2.45, 2.75) is 51.7 Å². The molecule has 1 aliphatic heterocycles. The summed E-state index contributed by atoms with van der Waals surface area (Å²) in [6.07, 6.45) is 5.00. The third-order valence-corrected chi connectivity index (χ3v) is 3.61. The molecule has 2 atom stereocenters. The van der Waals surface area contributed by atoms with Crippen LogP contribution in [0.4, 0.5) is 0 Å². The standard InChI is InChI=1S/C16H25NO2/c1-12-7-8-15(13(2)17)16(11-12)19-10-4-6-14-5-3-9-18-14/h7-8,11,13-14H,3-6,9-10,17H2,1-2H3/t13-,14?/m0/s1. The van der Waals surface area contributed by atoms with Crippen LogP contribution in [-0.4, -0.2) is 19.3 Å². The largest absolute Gasteiger partial charge is 0.493 e. The lowest BCUT2D eigenvalue weighted by atomic mass is 10.1. The van der Waals surface area contributed by atoms with E-state index < -0.39 is 0 Å². The predicted octanol–water partition coefficient (Wildman–Crippen LogP) is 3.35. The van der Waals surface area contributed by atoms with Crippen molar-refractivity contribution in [3.8, 4) is 5.75 Å². The Morgan fingerprint density at radius 1 is 1.47 bits per heavy atom. The molecule has 1 fully saturated rings. The number of ether oxygens (including phenoxy) is 2. The first-order chi connectivity index (χ1) is 9.16. The molecule has 1 saturated heterocycles. The Morgan fingerprint density at radius 3 is 3.00 bits per heavy atom. The number of benzene rings is 1. The molecule has 19 heavy (non-hydrogen) atoms. The van der Waals surface area contributed by atoms with E-state index in [4.69, 9.17) is 15.2 Å². The maximum Gasteiger partial charge on any atom is 0.124 e. The molecule has 0 aromatic heterocycles.